The van der Waals surface area contributed by atoms with Gasteiger partial charge in [0.1, 0.15) is 36.9 Å². The quantitative estimate of drug-likeness (QED) is 0.0279. The number of carbonyl (C=O) groups is 9. The van der Waals surface area contributed by atoms with E-state index in [4.69, 9.17) is 19.9 Å². The second kappa shape index (κ2) is 31.3. The van der Waals surface area contributed by atoms with Gasteiger partial charge in [-0.15, -0.1) is 0 Å². The lowest BCUT2D eigenvalue weighted by molar-refractivity contribution is -0.154. The van der Waals surface area contributed by atoms with Gasteiger partial charge in [0.2, 0.25) is 35.4 Å². The van der Waals surface area contributed by atoms with E-state index >= 15 is 0 Å². The van der Waals surface area contributed by atoms with Crippen molar-refractivity contribution in [3.8, 4) is 5.75 Å². The van der Waals surface area contributed by atoms with Crippen LogP contribution in [-0.2, 0) is 56.1 Å². The van der Waals surface area contributed by atoms with Gasteiger partial charge in [-0.25, -0.2) is 24.5 Å². The van der Waals surface area contributed by atoms with Gasteiger partial charge in [-0.3, -0.25) is 38.1 Å². The number of urea groups is 1. The van der Waals surface area contributed by atoms with Crippen LogP contribution in [0.3, 0.4) is 0 Å². The molecule has 2 aliphatic rings. The number of carbonyl (C=O) groups excluding carboxylic acids is 9. The summed E-state index contributed by atoms with van der Waals surface area (Å²) in [7, 11) is 5.09. The molecule has 0 unspecified atom stereocenters. The minimum absolute atomic E-state index is 0.00983. The van der Waals surface area contributed by atoms with E-state index in [1.807, 2.05) is 0 Å². The molecule has 0 saturated carbocycles. The number of thioether (sulfide) groups is 1. The zero-order valence-electron chi connectivity index (χ0n) is 48.0. The molecule has 2 aromatic carbocycles. The molecule has 85 heavy (non-hydrogen) atoms. The van der Waals surface area contributed by atoms with Crippen LogP contribution in [0.25, 0.3) is 11.2 Å². The van der Waals surface area contributed by atoms with Crippen molar-refractivity contribution in [2.45, 2.75) is 89.1 Å². The number of imidazole rings is 1. The Morgan fingerprint density at radius 2 is 1.55 bits per heavy atom. The van der Waals surface area contributed by atoms with Crippen molar-refractivity contribution in [3.63, 3.8) is 0 Å². The van der Waals surface area contributed by atoms with Gasteiger partial charge in [0.15, 0.2) is 29.0 Å². The molecule has 9 amide bonds. The number of ether oxygens (including phenoxy) is 3. The smallest absolute Gasteiger partial charge is 0.408 e. The first-order valence-electron chi connectivity index (χ1n) is 27.2. The van der Waals surface area contributed by atoms with Crippen molar-refractivity contribution < 1.29 is 67.6 Å². The maximum atomic E-state index is 14.1. The summed E-state index contributed by atoms with van der Waals surface area (Å²) in [6.45, 7) is 9.59. The molecule has 6 rings (SSSR count). The number of ketones is 1. The van der Waals surface area contributed by atoms with Crippen LogP contribution in [0.2, 0.25) is 0 Å². The molecule has 0 bridgehead atoms. The third kappa shape index (κ3) is 18.2. The number of fused-ring (bicyclic) bond motifs is 1. The Balaban J connectivity index is 1.03. The van der Waals surface area contributed by atoms with Gasteiger partial charge < -0.3 is 76.3 Å². The summed E-state index contributed by atoms with van der Waals surface area (Å²) in [4.78, 5) is 137. The molecule has 2 saturated heterocycles. The minimum atomic E-state index is -1.41. The van der Waals surface area contributed by atoms with Crippen LogP contribution in [0.15, 0.2) is 86.5 Å². The number of Topliss-reactive ketones (excluding diaryl/α,β-unsaturated/α-hetero) is 1. The van der Waals surface area contributed by atoms with E-state index < -0.39 is 96.5 Å². The lowest BCUT2D eigenvalue weighted by Crippen LogP contribution is -2.59. The van der Waals surface area contributed by atoms with Gasteiger partial charge in [-0.1, -0.05) is 51.3 Å². The predicted molar refractivity (Wildman–Crippen MR) is 312 cm³/mol. The lowest BCUT2D eigenvalue weighted by atomic mass is 9.89. The van der Waals surface area contributed by atoms with Crippen LogP contribution in [0.5, 0.6) is 5.75 Å². The highest BCUT2D eigenvalue weighted by atomic mass is 32.2. The first-order valence-corrected chi connectivity index (χ1v) is 28.4. The van der Waals surface area contributed by atoms with Gasteiger partial charge in [0.25, 0.3) is 0 Å². The predicted octanol–water partition coefficient (Wildman–Crippen LogP) is 1.14. The van der Waals surface area contributed by atoms with E-state index in [2.05, 4.69) is 54.7 Å². The number of methoxy groups -OCH3 is 1. The summed E-state index contributed by atoms with van der Waals surface area (Å²) in [5.74, 6) is -3.48. The molecule has 0 aliphatic carbocycles. The molecular formula is C56H74N14O14S. The van der Waals surface area contributed by atoms with Crippen LogP contribution < -0.4 is 42.0 Å². The topological polar surface area (TPSA) is 365 Å². The van der Waals surface area contributed by atoms with Crippen molar-refractivity contribution >= 4 is 87.8 Å². The zero-order valence-corrected chi connectivity index (χ0v) is 48.8. The summed E-state index contributed by atoms with van der Waals surface area (Å²) in [6, 6.07) is 8.99. The average Bonchev–Trinajstić information content (AvgIpc) is 2.19. The number of benzene rings is 2. The molecule has 0 spiro atoms. The molecule has 4 aromatic rings. The van der Waals surface area contributed by atoms with Crippen LogP contribution >= 0.6 is 11.8 Å². The van der Waals surface area contributed by atoms with E-state index in [1.54, 1.807) is 81.4 Å². The maximum Gasteiger partial charge on any atom is 0.408 e. The lowest BCUT2D eigenvalue weighted by Gasteiger charge is -2.41. The number of aliphatic hydroxyl groups is 2. The number of anilines is 2. The van der Waals surface area contributed by atoms with Crippen LogP contribution in [-0.4, -0.2) is 194 Å². The van der Waals surface area contributed by atoms with Gasteiger partial charge in [-0.05, 0) is 66.3 Å². The summed E-state index contributed by atoms with van der Waals surface area (Å²) >= 11 is 1.15. The molecule has 28 nitrogen and oxygen atoms in total. The van der Waals surface area contributed by atoms with Crippen molar-refractivity contribution in [2.24, 2.45) is 17.6 Å². The van der Waals surface area contributed by atoms with E-state index in [9.17, 15) is 53.4 Å². The van der Waals surface area contributed by atoms with Gasteiger partial charge >= 0.3 is 12.1 Å². The minimum Gasteiger partial charge on any atom is -0.497 e. The number of alkyl carbamates (subject to hydrolysis) is 1. The molecule has 458 valence electrons. The Morgan fingerprint density at radius 1 is 0.894 bits per heavy atom. The standard InChI is InChI=1S/C56H74N14O14S/c1-8-43(74)67-30-68(44(75)9-2)32-69(31-67)45(76)20-22-85-27-42(73)64-46(33(3)4)40(72)24-36(11-10-21-58-55(57)80)52(78)62-37-16-12-35(13-17-37)26-83-56(81)63-39(23-34-14-18-38(82-7)19-15-34)53(79)65-47-41(25-71)84-54(49(47)77)70-29-61-48-50(66(5)6)59-28-60-51(48)70/h8-9,12-19,28-29,33,36,39,41,46-47,49,54,71,77H,1-2,10-11,20-27,30-32H2,3-7H3,(H,62,78)(H,63,81)(H,64,73)(H,65,79)(H3,57,58,80)/t36-,39+,41-,46+,47-,49-,54-/m1/s1. The number of amides is 9. The summed E-state index contributed by atoms with van der Waals surface area (Å²) in [5, 5.41) is 35.4. The van der Waals surface area contributed by atoms with Gasteiger partial charge in [-0.2, -0.15) is 11.8 Å². The largest absolute Gasteiger partial charge is 0.497 e. The van der Waals surface area contributed by atoms with Crippen LogP contribution in [0, 0.1) is 11.8 Å². The molecule has 2 aliphatic heterocycles. The average molecular weight is 1200 g/mol. The zero-order chi connectivity index (χ0) is 61.9. The fourth-order valence-electron chi connectivity index (χ4n) is 9.41. The number of aromatic nitrogens is 4. The number of nitrogens with one attached hydrogen (secondary N) is 5. The number of aliphatic hydroxyl groups excluding tert-OH is 2. The van der Waals surface area contributed by atoms with Crippen molar-refractivity contribution in [1.29, 1.82) is 0 Å². The number of nitrogens with two attached hydrogens (primary N) is 1. The van der Waals surface area contributed by atoms with E-state index in [-0.39, 0.29) is 88.6 Å². The fourth-order valence-corrected chi connectivity index (χ4v) is 10.1. The van der Waals surface area contributed by atoms with E-state index in [0.29, 0.717) is 39.5 Å². The van der Waals surface area contributed by atoms with Crippen LogP contribution in [0.1, 0.15) is 56.9 Å². The van der Waals surface area contributed by atoms with Gasteiger partial charge in [0, 0.05) is 57.3 Å². The highest BCUT2D eigenvalue weighted by Crippen LogP contribution is 2.33. The summed E-state index contributed by atoms with van der Waals surface area (Å²) in [5.41, 5.74) is 7.51. The Bertz CT molecular complexity index is 3010. The Labute approximate surface area is 495 Å². The van der Waals surface area contributed by atoms with Crippen molar-refractivity contribution in [3.05, 3.63) is 97.6 Å². The molecule has 0 radical (unpaired) electrons. The Hall–Kier alpha value is -8.67. The molecule has 2 aromatic heterocycles. The molecule has 9 N–H and O–H groups in total. The first kappa shape index (κ1) is 65.5. The molecule has 7 atom stereocenters. The highest BCUT2D eigenvalue weighted by molar-refractivity contribution is 7.99. The normalized spacial score (nSPS) is 17.7. The number of hydrogen-bond donors (Lipinski definition) is 8. The van der Waals surface area contributed by atoms with E-state index in [1.165, 1.54) is 39.0 Å². The Morgan fingerprint density at radius 3 is 2.16 bits per heavy atom. The van der Waals surface area contributed by atoms with E-state index in [0.717, 1.165) is 23.9 Å². The van der Waals surface area contributed by atoms with Crippen molar-refractivity contribution in [2.75, 3.05) is 76.1 Å². The first-order chi connectivity index (χ1) is 40.6. The highest BCUT2D eigenvalue weighted by Gasteiger charge is 2.46. The molecule has 2 fully saturated rings. The second-order valence-electron chi connectivity index (χ2n) is 20.6. The van der Waals surface area contributed by atoms with Crippen molar-refractivity contribution in [1.82, 2.24) is 55.5 Å². The third-order valence-electron chi connectivity index (χ3n) is 13.9. The number of primary amides is 1. The number of hydrogen-bond acceptors (Lipinski definition) is 19. The molecular weight excluding hydrogens is 1120 g/mol. The molecule has 4 heterocycles. The third-order valence-corrected chi connectivity index (χ3v) is 14.9. The number of rotatable bonds is 29. The second-order valence-corrected chi connectivity index (χ2v) is 21.7. The fraction of sp³-hybridized carbons (Fsp3) is 0.464. The monoisotopic (exact) mass is 1200 g/mol. The maximum absolute atomic E-state index is 14.1. The van der Waals surface area contributed by atoms with Gasteiger partial charge in [0.05, 0.1) is 57.9 Å². The summed E-state index contributed by atoms with van der Waals surface area (Å²) in [6.07, 6.45) is 0.502. The number of nitrogens with zero attached hydrogens (tertiary/aromatic N) is 8. The SMILES string of the molecule is C=CC(=O)N1CN(C(=O)C=C)CN(C(=O)CCSCC(=O)N[C@H](C(=O)C[C@@H](CCCNC(N)=O)C(=O)Nc2ccc(COC(=O)N[C@@H](Cc3ccc(OC)cc3)C(=O)N[C@H]3[C@@H](O)[C@H](n4cnc5c(N(C)C)ncnc54)O[C@@H]3CO)cc2)C(C)C)C1. The van der Waals surface area contributed by atoms with Crippen LogP contribution in [0.4, 0.5) is 21.1 Å². The molecule has 29 heteroatoms. The Kier molecular flexibility index (Phi) is 24.1. The summed E-state index contributed by atoms with van der Waals surface area (Å²) < 4.78 is 18.4.